The number of ether oxygens (including phenoxy) is 2. The van der Waals surface area contributed by atoms with E-state index < -0.39 is 0 Å². The molecule has 0 N–H and O–H groups in total. The molecule has 0 amide bonds. The fourth-order valence-corrected chi connectivity index (χ4v) is 5.27. The number of hydrogen-bond donors (Lipinski definition) is 0. The maximum atomic E-state index is 12.9. The van der Waals surface area contributed by atoms with E-state index in [1.165, 1.54) is 18.4 Å². The standard InChI is InChI=1S/C28H26ClNO3/c1-32-25-15-22-21-8-3-4-9-24(21)30-27(23(22)16-26(25)33-2)17-10-12-18(13-11-17)28(31)19-6-5-7-20(29)14-19/h5-7,10-16,21,24H,3-4,8-9H2,1-2H3/t21-,24-/m1/s1. The van der Waals surface area contributed by atoms with Gasteiger partial charge in [-0.25, -0.2) is 0 Å². The molecule has 4 nitrogen and oxygen atoms in total. The molecule has 5 rings (SSSR count). The molecule has 1 heterocycles. The highest BCUT2D eigenvalue weighted by atomic mass is 35.5. The SMILES string of the molecule is COc1cc2c(cc1OC)[C@H]1CCCC[C@H]1N=C2c1ccc(C(=O)c2cccc(Cl)c2)cc1. The van der Waals surface area contributed by atoms with Crippen LogP contribution in [0, 0.1) is 0 Å². The van der Waals surface area contributed by atoms with Crippen LogP contribution in [0.2, 0.25) is 5.02 Å². The largest absolute Gasteiger partial charge is 0.493 e. The predicted octanol–water partition coefficient (Wildman–Crippen LogP) is 6.47. The van der Waals surface area contributed by atoms with Crippen LogP contribution in [0.4, 0.5) is 0 Å². The number of carbonyl (C=O) groups excluding carboxylic acids is 1. The number of benzene rings is 3. The average Bonchev–Trinajstić information content (AvgIpc) is 2.87. The Balaban J connectivity index is 1.55. The molecule has 1 saturated carbocycles. The van der Waals surface area contributed by atoms with Crippen molar-refractivity contribution in [3.63, 3.8) is 0 Å². The third-order valence-corrected chi connectivity index (χ3v) is 6.98. The summed E-state index contributed by atoms with van der Waals surface area (Å²) in [5, 5.41) is 0.553. The van der Waals surface area contributed by atoms with Crippen LogP contribution in [-0.2, 0) is 0 Å². The van der Waals surface area contributed by atoms with E-state index in [0.29, 0.717) is 27.8 Å². The Morgan fingerprint density at radius 3 is 2.36 bits per heavy atom. The lowest BCUT2D eigenvalue weighted by molar-refractivity contribution is 0.103. The van der Waals surface area contributed by atoms with Gasteiger partial charge in [0.05, 0.1) is 26.0 Å². The summed E-state index contributed by atoms with van der Waals surface area (Å²) in [6.45, 7) is 0. The molecule has 0 bridgehead atoms. The van der Waals surface area contributed by atoms with Crippen molar-refractivity contribution in [3.8, 4) is 11.5 Å². The van der Waals surface area contributed by atoms with Gasteiger partial charge in [-0.1, -0.05) is 60.8 Å². The number of hydrogen-bond acceptors (Lipinski definition) is 4. The molecule has 2 aliphatic rings. The summed E-state index contributed by atoms with van der Waals surface area (Å²) in [5.41, 5.74) is 5.52. The van der Waals surface area contributed by atoms with E-state index in [9.17, 15) is 4.79 Å². The fraction of sp³-hybridized carbons (Fsp3) is 0.286. The quantitative estimate of drug-likeness (QED) is 0.411. The van der Waals surface area contributed by atoms with Crippen molar-refractivity contribution in [2.24, 2.45) is 4.99 Å². The van der Waals surface area contributed by atoms with Crippen molar-refractivity contribution in [2.45, 2.75) is 37.6 Å². The number of halogens is 1. The van der Waals surface area contributed by atoms with Crippen LogP contribution in [0.1, 0.15) is 64.2 Å². The van der Waals surface area contributed by atoms with Crippen LogP contribution >= 0.6 is 11.6 Å². The van der Waals surface area contributed by atoms with Gasteiger partial charge in [-0.15, -0.1) is 0 Å². The molecule has 33 heavy (non-hydrogen) atoms. The molecule has 0 saturated heterocycles. The van der Waals surface area contributed by atoms with Crippen molar-refractivity contribution < 1.29 is 14.3 Å². The number of fused-ring (bicyclic) bond motifs is 3. The van der Waals surface area contributed by atoms with Crippen molar-refractivity contribution in [1.29, 1.82) is 0 Å². The zero-order chi connectivity index (χ0) is 22.9. The van der Waals surface area contributed by atoms with E-state index in [1.807, 2.05) is 30.3 Å². The van der Waals surface area contributed by atoms with Crippen molar-refractivity contribution >= 4 is 23.1 Å². The van der Waals surface area contributed by atoms with Gasteiger partial charge < -0.3 is 9.47 Å². The first-order chi connectivity index (χ1) is 16.1. The van der Waals surface area contributed by atoms with Gasteiger partial charge in [0.15, 0.2) is 17.3 Å². The molecule has 1 aliphatic carbocycles. The number of carbonyl (C=O) groups is 1. The van der Waals surface area contributed by atoms with Gasteiger partial charge in [-0.2, -0.15) is 0 Å². The summed E-state index contributed by atoms with van der Waals surface area (Å²) in [4.78, 5) is 18.1. The van der Waals surface area contributed by atoms with Crippen molar-refractivity contribution in [3.05, 3.63) is 93.5 Å². The van der Waals surface area contributed by atoms with E-state index in [1.54, 1.807) is 38.5 Å². The minimum atomic E-state index is -0.0474. The van der Waals surface area contributed by atoms with E-state index in [2.05, 4.69) is 6.07 Å². The molecule has 2 atom stereocenters. The Kier molecular flexibility index (Phi) is 5.94. The van der Waals surface area contributed by atoms with Crippen LogP contribution in [-0.4, -0.2) is 31.8 Å². The fourth-order valence-electron chi connectivity index (χ4n) is 5.08. The molecule has 0 spiro atoms. The molecule has 5 heteroatoms. The number of aliphatic imine (C=N–C) groups is 1. The van der Waals surface area contributed by atoms with Crippen molar-refractivity contribution in [1.82, 2.24) is 0 Å². The van der Waals surface area contributed by atoms with Gasteiger partial charge >= 0.3 is 0 Å². The molecule has 3 aromatic carbocycles. The second kappa shape index (κ2) is 9.03. The number of rotatable bonds is 5. The van der Waals surface area contributed by atoms with Gasteiger partial charge in [-0.3, -0.25) is 9.79 Å². The van der Waals surface area contributed by atoms with Crippen LogP contribution in [0.3, 0.4) is 0 Å². The molecular weight excluding hydrogens is 434 g/mol. The molecular formula is C28H26ClNO3. The Hall–Kier alpha value is -3.11. The number of methoxy groups -OCH3 is 2. The van der Waals surface area contributed by atoms with Crippen LogP contribution < -0.4 is 9.47 Å². The summed E-state index contributed by atoms with van der Waals surface area (Å²) in [5.74, 6) is 1.81. The van der Waals surface area contributed by atoms with E-state index in [-0.39, 0.29) is 11.8 Å². The second-order valence-corrected chi connectivity index (χ2v) is 9.08. The normalized spacial score (nSPS) is 19.2. The molecule has 1 fully saturated rings. The molecule has 0 radical (unpaired) electrons. The Bertz CT molecular complexity index is 1230. The maximum Gasteiger partial charge on any atom is 0.193 e. The first kappa shape index (κ1) is 21.7. The van der Waals surface area contributed by atoms with Gasteiger partial charge in [0.1, 0.15) is 0 Å². The zero-order valence-electron chi connectivity index (χ0n) is 18.8. The summed E-state index contributed by atoms with van der Waals surface area (Å²) < 4.78 is 11.2. The van der Waals surface area contributed by atoms with Gasteiger partial charge in [0.2, 0.25) is 0 Å². The Morgan fingerprint density at radius 2 is 1.64 bits per heavy atom. The summed E-state index contributed by atoms with van der Waals surface area (Å²) in [6, 6.07) is 19.2. The van der Waals surface area contributed by atoms with Gasteiger partial charge in [-0.05, 0) is 42.7 Å². The minimum Gasteiger partial charge on any atom is -0.493 e. The molecule has 0 aromatic heterocycles. The minimum absolute atomic E-state index is 0.0474. The topological polar surface area (TPSA) is 47.9 Å². The lowest BCUT2D eigenvalue weighted by Crippen LogP contribution is -2.29. The van der Waals surface area contributed by atoms with E-state index in [0.717, 1.165) is 35.4 Å². The first-order valence-corrected chi connectivity index (χ1v) is 11.7. The summed E-state index contributed by atoms with van der Waals surface area (Å²) in [7, 11) is 3.33. The smallest absolute Gasteiger partial charge is 0.193 e. The predicted molar refractivity (Wildman–Crippen MR) is 132 cm³/mol. The summed E-state index contributed by atoms with van der Waals surface area (Å²) in [6.07, 6.45) is 4.65. The molecule has 1 aliphatic heterocycles. The maximum absolute atomic E-state index is 12.9. The number of nitrogens with zero attached hydrogens (tertiary/aromatic N) is 1. The third kappa shape index (κ3) is 4.04. The van der Waals surface area contributed by atoms with Crippen molar-refractivity contribution in [2.75, 3.05) is 14.2 Å². The Morgan fingerprint density at radius 1 is 0.909 bits per heavy atom. The van der Waals surface area contributed by atoms with Gasteiger partial charge in [0.25, 0.3) is 0 Å². The Labute approximate surface area is 199 Å². The lowest BCUT2D eigenvalue weighted by atomic mass is 9.75. The molecule has 168 valence electrons. The van der Waals surface area contributed by atoms with Gasteiger partial charge in [0, 0.05) is 33.2 Å². The van der Waals surface area contributed by atoms with Crippen LogP contribution in [0.25, 0.3) is 0 Å². The molecule has 0 unspecified atom stereocenters. The lowest BCUT2D eigenvalue weighted by Gasteiger charge is -2.35. The van der Waals surface area contributed by atoms with E-state index >= 15 is 0 Å². The second-order valence-electron chi connectivity index (χ2n) is 8.65. The summed E-state index contributed by atoms with van der Waals surface area (Å²) >= 11 is 6.07. The molecule has 3 aromatic rings. The highest BCUT2D eigenvalue weighted by Crippen LogP contribution is 2.44. The highest BCUT2D eigenvalue weighted by Gasteiger charge is 2.34. The first-order valence-electron chi connectivity index (χ1n) is 11.3. The van der Waals surface area contributed by atoms with Crippen LogP contribution in [0.5, 0.6) is 11.5 Å². The van der Waals surface area contributed by atoms with E-state index in [4.69, 9.17) is 26.1 Å². The number of ketones is 1. The zero-order valence-corrected chi connectivity index (χ0v) is 19.6. The monoisotopic (exact) mass is 459 g/mol. The van der Waals surface area contributed by atoms with Crippen LogP contribution in [0.15, 0.2) is 65.7 Å². The average molecular weight is 460 g/mol. The highest BCUT2D eigenvalue weighted by molar-refractivity contribution is 6.31. The third-order valence-electron chi connectivity index (χ3n) is 6.74.